The minimum Gasteiger partial charge on any atom is -0.317 e. The maximum absolute atomic E-state index is 13.0. The van der Waals surface area contributed by atoms with Gasteiger partial charge >= 0.3 is 6.03 Å². The predicted octanol–water partition coefficient (Wildman–Crippen LogP) is 3.74. The van der Waals surface area contributed by atoms with Crippen LogP contribution < -0.4 is 16.0 Å². The molecule has 2 amide bonds. The number of carbonyl (C=O) groups excluding carboxylic acids is 1. The van der Waals surface area contributed by atoms with Crippen LogP contribution in [0.25, 0.3) is 11.0 Å². The smallest absolute Gasteiger partial charge is 0.317 e. The zero-order valence-electron chi connectivity index (χ0n) is 14.2. The molecular weight excluding hydrogens is 333 g/mol. The van der Waals surface area contributed by atoms with Crippen molar-refractivity contribution >= 4 is 28.7 Å². The molecule has 7 heteroatoms. The van der Waals surface area contributed by atoms with E-state index in [0.717, 1.165) is 37.0 Å². The number of hydrogen-bond donors (Lipinski definition) is 3. The van der Waals surface area contributed by atoms with E-state index in [1.165, 1.54) is 24.3 Å². The Kier molecular flexibility index (Phi) is 4.53. The van der Waals surface area contributed by atoms with Gasteiger partial charge in [-0.3, -0.25) is 5.32 Å². The number of benzene rings is 2. The average Bonchev–Trinajstić information content (AvgIpc) is 3.02. The highest BCUT2D eigenvalue weighted by Crippen LogP contribution is 2.29. The quantitative estimate of drug-likeness (QED) is 0.672. The number of hydrogen-bond acceptors (Lipinski definition) is 3. The number of amides is 2. The minimum absolute atomic E-state index is 0.282. The standard InChI is InChI=1S/C19H20FN5O/c20-13-5-7-14(8-6-13)22-19(26)24-18-23-16-3-1-2-4-17(16)25(18)15-9-11-21-12-10-15/h1-8,15,21H,9-12H2,(H2,22,23,24,26). The molecule has 0 saturated carbocycles. The second-order valence-corrected chi connectivity index (χ2v) is 6.36. The molecule has 1 aromatic heterocycles. The van der Waals surface area contributed by atoms with Gasteiger partial charge < -0.3 is 15.2 Å². The van der Waals surface area contributed by atoms with E-state index in [0.29, 0.717) is 11.6 Å². The van der Waals surface area contributed by atoms with Gasteiger partial charge in [0.1, 0.15) is 5.82 Å². The van der Waals surface area contributed by atoms with Crippen LogP contribution in [0.2, 0.25) is 0 Å². The van der Waals surface area contributed by atoms with E-state index < -0.39 is 6.03 Å². The molecular formula is C19H20FN5O. The van der Waals surface area contributed by atoms with Crippen LogP contribution in [0.1, 0.15) is 18.9 Å². The highest BCUT2D eigenvalue weighted by atomic mass is 19.1. The Morgan fingerprint density at radius 1 is 1.08 bits per heavy atom. The fraction of sp³-hybridized carbons (Fsp3) is 0.263. The van der Waals surface area contributed by atoms with Gasteiger partial charge in [-0.05, 0) is 62.3 Å². The number of rotatable bonds is 3. The van der Waals surface area contributed by atoms with Crippen LogP contribution in [0.3, 0.4) is 0 Å². The Balaban J connectivity index is 1.60. The van der Waals surface area contributed by atoms with Crippen molar-refractivity contribution in [1.82, 2.24) is 14.9 Å². The van der Waals surface area contributed by atoms with Crippen molar-refractivity contribution < 1.29 is 9.18 Å². The lowest BCUT2D eigenvalue weighted by Crippen LogP contribution is -2.31. The SMILES string of the molecule is O=C(Nc1ccc(F)cc1)Nc1nc2ccccc2n1C1CCNCC1. The van der Waals surface area contributed by atoms with E-state index >= 15 is 0 Å². The summed E-state index contributed by atoms with van der Waals surface area (Å²) in [5.74, 6) is 0.182. The van der Waals surface area contributed by atoms with Crippen LogP contribution in [0.4, 0.5) is 20.8 Å². The number of aromatic nitrogens is 2. The largest absolute Gasteiger partial charge is 0.326 e. The molecule has 0 atom stereocenters. The number of fused-ring (bicyclic) bond motifs is 1. The molecule has 1 saturated heterocycles. The normalized spacial score (nSPS) is 15.1. The molecule has 0 bridgehead atoms. The number of anilines is 2. The van der Waals surface area contributed by atoms with Gasteiger partial charge in [-0.25, -0.2) is 14.2 Å². The van der Waals surface area contributed by atoms with Gasteiger partial charge in [-0.1, -0.05) is 12.1 Å². The van der Waals surface area contributed by atoms with Gasteiger partial charge in [0, 0.05) is 11.7 Å². The second kappa shape index (κ2) is 7.13. The van der Waals surface area contributed by atoms with Crippen molar-refractivity contribution in [3.05, 3.63) is 54.3 Å². The summed E-state index contributed by atoms with van der Waals surface area (Å²) in [6, 6.07) is 13.4. The fourth-order valence-electron chi connectivity index (χ4n) is 3.36. The number of para-hydroxylation sites is 2. The van der Waals surface area contributed by atoms with Gasteiger partial charge in [0.2, 0.25) is 5.95 Å². The van der Waals surface area contributed by atoms with E-state index in [1.54, 1.807) is 0 Å². The molecule has 1 fully saturated rings. The lowest BCUT2D eigenvalue weighted by Gasteiger charge is -2.26. The van der Waals surface area contributed by atoms with E-state index in [4.69, 9.17) is 0 Å². The number of carbonyl (C=O) groups is 1. The average molecular weight is 353 g/mol. The molecule has 3 aromatic rings. The minimum atomic E-state index is -0.401. The van der Waals surface area contributed by atoms with Gasteiger partial charge in [0.05, 0.1) is 11.0 Å². The summed E-state index contributed by atoms with van der Waals surface area (Å²) in [4.78, 5) is 17.0. The number of nitrogens with one attached hydrogen (secondary N) is 3. The Hall–Kier alpha value is -2.93. The molecule has 2 heterocycles. The molecule has 4 rings (SSSR count). The van der Waals surface area contributed by atoms with Crippen LogP contribution in [-0.4, -0.2) is 28.7 Å². The first-order valence-electron chi connectivity index (χ1n) is 8.72. The van der Waals surface area contributed by atoms with Gasteiger partial charge in [0.25, 0.3) is 0 Å². The summed E-state index contributed by atoms with van der Waals surface area (Å²) >= 11 is 0. The topological polar surface area (TPSA) is 71.0 Å². The number of urea groups is 1. The molecule has 3 N–H and O–H groups in total. The molecule has 2 aromatic carbocycles. The third-order valence-electron chi connectivity index (χ3n) is 4.60. The molecule has 134 valence electrons. The Labute approximate surface area is 150 Å². The first-order valence-corrected chi connectivity index (χ1v) is 8.72. The first kappa shape index (κ1) is 16.5. The number of halogens is 1. The highest BCUT2D eigenvalue weighted by molar-refractivity contribution is 5.99. The maximum Gasteiger partial charge on any atom is 0.326 e. The zero-order chi connectivity index (χ0) is 17.9. The summed E-state index contributed by atoms with van der Waals surface area (Å²) in [5.41, 5.74) is 2.38. The number of piperidine rings is 1. The van der Waals surface area contributed by atoms with Crippen molar-refractivity contribution in [3.63, 3.8) is 0 Å². The molecule has 1 aliphatic heterocycles. The second-order valence-electron chi connectivity index (χ2n) is 6.36. The van der Waals surface area contributed by atoms with Crippen molar-refractivity contribution in [2.75, 3.05) is 23.7 Å². The Bertz CT molecular complexity index is 915. The Morgan fingerprint density at radius 2 is 1.81 bits per heavy atom. The monoisotopic (exact) mass is 353 g/mol. The molecule has 26 heavy (non-hydrogen) atoms. The van der Waals surface area contributed by atoms with Crippen molar-refractivity contribution in [2.45, 2.75) is 18.9 Å². The van der Waals surface area contributed by atoms with Crippen LogP contribution in [0.15, 0.2) is 48.5 Å². The third kappa shape index (κ3) is 3.39. The van der Waals surface area contributed by atoms with Gasteiger partial charge in [-0.15, -0.1) is 0 Å². The third-order valence-corrected chi connectivity index (χ3v) is 4.60. The van der Waals surface area contributed by atoms with Crippen LogP contribution in [0, 0.1) is 5.82 Å². The highest BCUT2D eigenvalue weighted by Gasteiger charge is 2.22. The summed E-state index contributed by atoms with van der Waals surface area (Å²) in [5, 5.41) is 8.92. The van der Waals surface area contributed by atoms with Crippen molar-refractivity contribution in [2.24, 2.45) is 0 Å². The van der Waals surface area contributed by atoms with E-state index in [-0.39, 0.29) is 11.9 Å². The Morgan fingerprint density at radius 3 is 2.58 bits per heavy atom. The summed E-state index contributed by atoms with van der Waals surface area (Å²) in [6.07, 6.45) is 1.96. The van der Waals surface area contributed by atoms with E-state index in [9.17, 15) is 9.18 Å². The fourth-order valence-corrected chi connectivity index (χ4v) is 3.36. The number of nitrogens with zero attached hydrogens (tertiary/aromatic N) is 2. The summed E-state index contributed by atoms with van der Waals surface area (Å²) < 4.78 is 15.1. The predicted molar refractivity (Wildman–Crippen MR) is 99.9 cm³/mol. The van der Waals surface area contributed by atoms with Crippen LogP contribution in [-0.2, 0) is 0 Å². The van der Waals surface area contributed by atoms with Crippen molar-refractivity contribution in [1.29, 1.82) is 0 Å². The first-order chi connectivity index (χ1) is 12.7. The summed E-state index contributed by atoms with van der Waals surface area (Å²) in [7, 11) is 0. The molecule has 6 nitrogen and oxygen atoms in total. The summed E-state index contributed by atoms with van der Waals surface area (Å²) in [6.45, 7) is 1.89. The molecule has 0 aliphatic carbocycles. The van der Waals surface area contributed by atoms with E-state index in [2.05, 4.69) is 25.5 Å². The van der Waals surface area contributed by atoms with Gasteiger partial charge in [-0.2, -0.15) is 0 Å². The maximum atomic E-state index is 13.0. The lowest BCUT2D eigenvalue weighted by molar-refractivity contribution is 0.261. The molecule has 0 radical (unpaired) electrons. The molecule has 0 spiro atoms. The van der Waals surface area contributed by atoms with E-state index in [1.807, 2.05) is 24.3 Å². The van der Waals surface area contributed by atoms with Crippen molar-refractivity contribution in [3.8, 4) is 0 Å². The zero-order valence-corrected chi connectivity index (χ0v) is 14.2. The molecule has 1 aliphatic rings. The van der Waals surface area contributed by atoms with Crippen LogP contribution >= 0.6 is 0 Å². The van der Waals surface area contributed by atoms with Gasteiger partial charge in [0.15, 0.2) is 0 Å². The van der Waals surface area contributed by atoms with Crippen LogP contribution in [0.5, 0.6) is 0 Å². The lowest BCUT2D eigenvalue weighted by atomic mass is 10.1. The molecule has 0 unspecified atom stereocenters. The number of imidazole rings is 1.